The number of aromatic nitrogens is 3. The lowest BCUT2D eigenvalue weighted by Gasteiger charge is -2.07. The fourth-order valence-corrected chi connectivity index (χ4v) is 1.96. The number of carbonyl (C=O) groups is 1. The highest BCUT2D eigenvalue weighted by molar-refractivity contribution is 6.02. The summed E-state index contributed by atoms with van der Waals surface area (Å²) in [6.45, 7) is 5.68. The summed E-state index contributed by atoms with van der Waals surface area (Å²) < 4.78 is 1.70. The first-order chi connectivity index (χ1) is 7.91. The number of hydrogen-bond acceptors (Lipinski definition) is 3. The van der Waals surface area contributed by atoms with E-state index in [4.69, 9.17) is 5.11 Å². The summed E-state index contributed by atoms with van der Waals surface area (Å²) in [5, 5.41) is 13.8. The van der Waals surface area contributed by atoms with Gasteiger partial charge in [-0.3, -0.25) is 9.48 Å². The fraction of sp³-hybridized carbons (Fsp3) is 0.364. The van der Waals surface area contributed by atoms with Gasteiger partial charge in [-0.2, -0.15) is 5.10 Å². The molecule has 0 radical (unpaired) electrons. The van der Waals surface area contributed by atoms with Crippen LogP contribution in [-0.2, 0) is 0 Å². The van der Waals surface area contributed by atoms with Crippen molar-refractivity contribution in [2.75, 3.05) is 0 Å². The second kappa shape index (κ2) is 3.73. The molecule has 0 aromatic carbocycles. The maximum absolute atomic E-state index is 11.3. The molecule has 0 unspecified atom stereocenters. The molecule has 2 aromatic heterocycles. The molecule has 2 aromatic rings. The van der Waals surface area contributed by atoms with Crippen LogP contribution >= 0.6 is 0 Å². The van der Waals surface area contributed by atoms with E-state index in [9.17, 15) is 9.59 Å². The van der Waals surface area contributed by atoms with Crippen LogP contribution in [0.2, 0.25) is 0 Å². The third-order valence-corrected chi connectivity index (χ3v) is 2.66. The molecule has 2 N–H and O–H groups in total. The first kappa shape index (κ1) is 11.4. The average Bonchev–Trinajstić information content (AvgIpc) is 2.54. The maximum atomic E-state index is 11.3. The van der Waals surface area contributed by atoms with Crippen LogP contribution in [0.4, 0.5) is 0 Å². The third kappa shape index (κ3) is 1.71. The van der Waals surface area contributed by atoms with E-state index < -0.39 is 11.5 Å². The van der Waals surface area contributed by atoms with E-state index in [1.807, 2.05) is 13.8 Å². The van der Waals surface area contributed by atoms with Gasteiger partial charge in [-0.1, -0.05) is 0 Å². The molecule has 2 heterocycles. The Labute approximate surface area is 96.9 Å². The Hall–Kier alpha value is -2.11. The van der Waals surface area contributed by atoms with Crippen molar-refractivity contribution < 1.29 is 9.90 Å². The van der Waals surface area contributed by atoms with Gasteiger partial charge in [0.15, 0.2) is 5.65 Å². The van der Waals surface area contributed by atoms with Crippen molar-refractivity contribution in [2.45, 2.75) is 26.8 Å². The molecule has 0 atom stereocenters. The summed E-state index contributed by atoms with van der Waals surface area (Å²) in [7, 11) is 0. The minimum absolute atomic E-state index is 0.00634. The molecule has 0 aliphatic heterocycles. The Morgan fingerprint density at radius 2 is 2.18 bits per heavy atom. The Bertz CT molecular complexity index is 652. The molecule has 2 rings (SSSR count). The van der Waals surface area contributed by atoms with E-state index in [2.05, 4.69) is 10.1 Å². The van der Waals surface area contributed by atoms with Crippen molar-refractivity contribution in [3.05, 3.63) is 27.7 Å². The van der Waals surface area contributed by atoms with Crippen LogP contribution in [-0.4, -0.2) is 25.8 Å². The highest BCUT2D eigenvalue weighted by Gasteiger charge is 2.18. The predicted molar refractivity (Wildman–Crippen MR) is 62.4 cm³/mol. The Morgan fingerprint density at radius 3 is 2.71 bits per heavy atom. The van der Waals surface area contributed by atoms with Crippen molar-refractivity contribution in [3.63, 3.8) is 0 Å². The van der Waals surface area contributed by atoms with Gasteiger partial charge < -0.3 is 10.1 Å². The lowest BCUT2D eigenvalue weighted by molar-refractivity contribution is 0.0698. The minimum Gasteiger partial charge on any atom is -0.478 e. The van der Waals surface area contributed by atoms with Gasteiger partial charge in [-0.15, -0.1) is 0 Å². The number of hydrogen-bond donors (Lipinski definition) is 2. The number of aromatic amines is 1. The van der Waals surface area contributed by atoms with Gasteiger partial charge in [0.05, 0.1) is 10.9 Å². The standard InChI is InChI=1S/C11H13N3O3/c1-5(2)14-6(3)9-7(11(16)17)4-8(15)12-10(9)13-14/h4-5H,1-3H3,(H,16,17)(H,12,13,15). The lowest BCUT2D eigenvalue weighted by atomic mass is 10.1. The minimum atomic E-state index is -1.12. The molecule has 0 aliphatic carbocycles. The quantitative estimate of drug-likeness (QED) is 0.821. The number of pyridine rings is 1. The third-order valence-electron chi connectivity index (χ3n) is 2.66. The zero-order valence-corrected chi connectivity index (χ0v) is 9.81. The van der Waals surface area contributed by atoms with Crippen LogP contribution in [0.15, 0.2) is 10.9 Å². The normalized spacial score (nSPS) is 11.3. The second-order valence-electron chi connectivity index (χ2n) is 4.20. The molecule has 0 spiro atoms. The number of aryl methyl sites for hydroxylation is 1. The summed E-state index contributed by atoms with van der Waals surface area (Å²) in [6, 6.07) is 1.19. The zero-order chi connectivity index (χ0) is 12.7. The van der Waals surface area contributed by atoms with E-state index in [0.29, 0.717) is 11.0 Å². The van der Waals surface area contributed by atoms with Crippen LogP contribution in [0.3, 0.4) is 0 Å². The van der Waals surface area contributed by atoms with E-state index in [0.717, 1.165) is 11.8 Å². The number of rotatable bonds is 2. The van der Waals surface area contributed by atoms with Gasteiger partial charge in [-0.05, 0) is 20.8 Å². The molecule has 0 amide bonds. The maximum Gasteiger partial charge on any atom is 0.336 e. The molecule has 0 bridgehead atoms. The lowest BCUT2D eigenvalue weighted by Crippen LogP contribution is -2.09. The molecule has 90 valence electrons. The Balaban J connectivity index is 2.92. The summed E-state index contributed by atoms with van der Waals surface area (Å²) in [4.78, 5) is 25.0. The highest BCUT2D eigenvalue weighted by Crippen LogP contribution is 2.21. The van der Waals surface area contributed by atoms with E-state index in [-0.39, 0.29) is 11.6 Å². The number of H-pyrrole nitrogens is 1. The molecular weight excluding hydrogens is 222 g/mol. The van der Waals surface area contributed by atoms with E-state index in [1.54, 1.807) is 11.6 Å². The van der Waals surface area contributed by atoms with E-state index in [1.165, 1.54) is 0 Å². The Kier molecular flexibility index (Phi) is 2.49. The number of carboxylic acid groups (broad SMARTS) is 1. The van der Waals surface area contributed by atoms with Gasteiger partial charge in [0.2, 0.25) is 5.56 Å². The predicted octanol–water partition coefficient (Wildman–Crippen LogP) is 1.31. The molecule has 0 aliphatic rings. The molecule has 17 heavy (non-hydrogen) atoms. The largest absolute Gasteiger partial charge is 0.478 e. The van der Waals surface area contributed by atoms with Crippen LogP contribution in [0.1, 0.15) is 35.9 Å². The van der Waals surface area contributed by atoms with Crippen molar-refractivity contribution >= 4 is 17.0 Å². The van der Waals surface area contributed by atoms with E-state index >= 15 is 0 Å². The molecule has 6 heteroatoms. The number of fused-ring (bicyclic) bond motifs is 1. The summed E-state index contributed by atoms with van der Waals surface area (Å²) >= 11 is 0. The second-order valence-corrected chi connectivity index (χ2v) is 4.20. The number of nitrogens with one attached hydrogen (secondary N) is 1. The first-order valence-electron chi connectivity index (χ1n) is 5.27. The number of nitrogens with zero attached hydrogens (tertiary/aromatic N) is 2. The average molecular weight is 235 g/mol. The van der Waals surface area contributed by atoms with Crippen molar-refractivity contribution in [1.82, 2.24) is 14.8 Å². The topological polar surface area (TPSA) is 88.0 Å². The van der Waals surface area contributed by atoms with Gasteiger partial charge in [-0.25, -0.2) is 4.79 Å². The molecule has 0 fully saturated rings. The monoisotopic (exact) mass is 235 g/mol. The Morgan fingerprint density at radius 1 is 1.53 bits per heavy atom. The number of aromatic carboxylic acids is 1. The molecule has 0 saturated heterocycles. The van der Waals surface area contributed by atoms with Crippen LogP contribution in [0.5, 0.6) is 0 Å². The van der Waals surface area contributed by atoms with Crippen molar-refractivity contribution in [3.8, 4) is 0 Å². The highest BCUT2D eigenvalue weighted by atomic mass is 16.4. The SMILES string of the molecule is Cc1c2c(C(=O)O)cc(=O)[nH]c2nn1C(C)C. The van der Waals surface area contributed by atoms with Crippen LogP contribution < -0.4 is 5.56 Å². The van der Waals surface area contributed by atoms with Crippen molar-refractivity contribution in [2.24, 2.45) is 0 Å². The first-order valence-corrected chi connectivity index (χ1v) is 5.27. The molecule has 0 saturated carbocycles. The smallest absolute Gasteiger partial charge is 0.336 e. The zero-order valence-electron chi connectivity index (χ0n) is 9.81. The van der Waals surface area contributed by atoms with Crippen LogP contribution in [0.25, 0.3) is 11.0 Å². The van der Waals surface area contributed by atoms with Crippen molar-refractivity contribution in [1.29, 1.82) is 0 Å². The van der Waals surface area contributed by atoms with Crippen LogP contribution in [0, 0.1) is 6.92 Å². The van der Waals surface area contributed by atoms with Gasteiger partial charge in [0.25, 0.3) is 0 Å². The van der Waals surface area contributed by atoms with Gasteiger partial charge in [0, 0.05) is 17.8 Å². The molecule has 6 nitrogen and oxygen atoms in total. The fourth-order valence-electron chi connectivity index (χ4n) is 1.96. The summed E-state index contributed by atoms with van der Waals surface area (Å²) in [5.74, 6) is -1.12. The summed E-state index contributed by atoms with van der Waals surface area (Å²) in [5.41, 5.74) is 0.598. The molecular formula is C11H13N3O3. The summed E-state index contributed by atoms with van der Waals surface area (Å²) in [6.07, 6.45) is 0. The van der Waals surface area contributed by atoms with Gasteiger partial charge in [0.1, 0.15) is 0 Å². The van der Waals surface area contributed by atoms with Gasteiger partial charge >= 0.3 is 5.97 Å². The number of carboxylic acids is 1.